The minimum absolute atomic E-state index is 0.130. The van der Waals surface area contributed by atoms with Gasteiger partial charge in [0.15, 0.2) is 0 Å². The lowest BCUT2D eigenvalue weighted by molar-refractivity contribution is 0.102. The average molecular weight is 310 g/mol. The highest BCUT2D eigenvalue weighted by molar-refractivity contribution is 6.03. The van der Waals surface area contributed by atoms with E-state index in [2.05, 4.69) is 20.5 Å². The van der Waals surface area contributed by atoms with Crippen molar-refractivity contribution in [2.75, 3.05) is 31.5 Å². The Morgan fingerprint density at radius 3 is 2.57 bits per heavy atom. The molecule has 1 fully saturated rings. The van der Waals surface area contributed by atoms with E-state index in [1.807, 2.05) is 43.3 Å². The maximum atomic E-state index is 12.2. The summed E-state index contributed by atoms with van der Waals surface area (Å²) in [6, 6.07) is 11.5. The van der Waals surface area contributed by atoms with Crippen molar-refractivity contribution in [1.82, 2.24) is 15.2 Å². The van der Waals surface area contributed by atoms with Crippen LogP contribution in [0, 0.1) is 6.92 Å². The van der Waals surface area contributed by atoms with Crippen molar-refractivity contribution in [2.45, 2.75) is 13.5 Å². The van der Waals surface area contributed by atoms with Crippen LogP contribution in [0.4, 0.5) is 5.82 Å². The van der Waals surface area contributed by atoms with E-state index < -0.39 is 0 Å². The Labute approximate surface area is 136 Å². The fourth-order valence-corrected chi connectivity index (χ4v) is 2.62. The standard InChI is InChI=1S/C18H22N4O/c1-14-2-7-17(20-12-14)21-18(23)16-5-3-15(4-6-16)13-22-10-8-19-9-11-22/h2-7,12,19H,8-11,13H2,1H3,(H,20,21,23). The quantitative estimate of drug-likeness (QED) is 0.907. The molecule has 2 N–H and O–H groups in total. The number of pyridine rings is 1. The number of aryl methyl sites for hydroxylation is 1. The van der Waals surface area contributed by atoms with E-state index >= 15 is 0 Å². The van der Waals surface area contributed by atoms with Crippen LogP contribution in [0.3, 0.4) is 0 Å². The van der Waals surface area contributed by atoms with Gasteiger partial charge in [-0.25, -0.2) is 4.98 Å². The van der Waals surface area contributed by atoms with Crippen LogP contribution in [0.2, 0.25) is 0 Å². The average Bonchev–Trinajstić information content (AvgIpc) is 2.58. The number of nitrogens with one attached hydrogen (secondary N) is 2. The maximum Gasteiger partial charge on any atom is 0.256 e. The molecule has 0 bridgehead atoms. The molecule has 1 amide bonds. The predicted molar refractivity (Wildman–Crippen MR) is 91.5 cm³/mol. The molecule has 3 rings (SSSR count). The van der Waals surface area contributed by atoms with Crippen molar-refractivity contribution in [3.05, 3.63) is 59.3 Å². The molecule has 23 heavy (non-hydrogen) atoms. The van der Waals surface area contributed by atoms with Gasteiger partial charge in [0.05, 0.1) is 0 Å². The lowest BCUT2D eigenvalue weighted by Gasteiger charge is -2.27. The number of carbonyl (C=O) groups excluding carboxylic acids is 1. The topological polar surface area (TPSA) is 57.3 Å². The molecule has 0 saturated carbocycles. The highest BCUT2D eigenvalue weighted by Gasteiger charge is 2.11. The molecule has 1 aliphatic rings. The van der Waals surface area contributed by atoms with E-state index in [0.29, 0.717) is 11.4 Å². The number of hydrogen-bond donors (Lipinski definition) is 2. The van der Waals surface area contributed by atoms with Crippen LogP contribution in [0.5, 0.6) is 0 Å². The lowest BCUT2D eigenvalue weighted by Crippen LogP contribution is -2.42. The molecule has 0 radical (unpaired) electrons. The van der Waals surface area contributed by atoms with Crippen molar-refractivity contribution in [1.29, 1.82) is 0 Å². The molecular formula is C18H22N4O. The predicted octanol–water partition coefficient (Wildman–Crippen LogP) is 2.05. The summed E-state index contributed by atoms with van der Waals surface area (Å²) in [5, 5.41) is 6.17. The summed E-state index contributed by atoms with van der Waals surface area (Å²) >= 11 is 0. The van der Waals surface area contributed by atoms with E-state index in [9.17, 15) is 4.79 Å². The number of benzene rings is 1. The largest absolute Gasteiger partial charge is 0.314 e. The SMILES string of the molecule is Cc1ccc(NC(=O)c2ccc(CN3CCNCC3)cc2)nc1. The Bertz CT molecular complexity index is 646. The summed E-state index contributed by atoms with van der Waals surface area (Å²) in [5.41, 5.74) is 2.95. The molecule has 5 nitrogen and oxygen atoms in total. The maximum absolute atomic E-state index is 12.2. The second-order valence-electron chi connectivity index (χ2n) is 5.90. The van der Waals surface area contributed by atoms with Gasteiger partial charge in [-0.15, -0.1) is 0 Å². The highest BCUT2D eigenvalue weighted by Crippen LogP contribution is 2.11. The molecule has 120 valence electrons. The fourth-order valence-electron chi connectivity index (χ4n) is 2.62. The van der Waals surface area contributed by atoms with E-state index in [0.717, 1.165) is 38.3 Å². The first-order chi connectivity index (χ1) is 11.2. The molecule has 1 saturated heterocycles. The molecule has 1 aromatic heterocycles. The van der Waals surface area contributed by atoms with E-state index in [-0.39, 0.29) is 5.91 Å². The van der Waals surface area contributed by atoms with Crippen LogP contribution in [-0.2, 0) is 6.54 Å². The van der Waals surface area contributed by atoms with E-state index in [4.69, 9.17) is 0 Å². The molecule has 0 aliphatic carbocycles. The molecule has 2 aromatic rings. The van der Waals surface area contributed by atoms with Gasteiger partial charge in [0, 0.05) is 44.5 Å². The first-order valence-electron chi connectivity index (χ1n) is 7.97. The van der Waals surface area contributed by atoms with Crippen molar-refractivity contribution in [3.63, 3.8) is 0 Å². The zero-order valence-electron chi connectivity index (χ0n) is 13.4. The van der Waals surface area contributed by atoms with Gasteiger partial charge in [0.25, 0.3) is 5.91 Å². The van der Waals surface area contributed by atoms with Crippen molar-refractivity contribution in [3.8, 4) is 0 Å². The third kappa shape index (κ3) is 4.37. The normalized spacial score (nSPS) is 15.3. The number of rotatable bonds is 4. The number of amides is 1. The Kier molecular flexibility index (Phi) is 5.00. The Morgan fingerprint density at radius 1 is 1.17 bits per heavy atom. The second kappa shape index (κ2) is 7.35. The van der Waals surface area contributed by atoms with Gasteiger partial charge in [-0.2, -0.15) is 0 Å². The third-order valence-electron chi connectivity index (χ3n) is 3.98. The number of hydrogen-bond acceptors (Lipinski definition) is 4. The van der Waals surface area contributed by atoms with E-state index in [1.54, 1.807) is 6.20 Å². The lowest BCUT2D eigenvalue weighted by atomic mass is 10.1. The molecular weight excluding hydrogens is 288 g/mol. The zero-order valence-corrected chi connectivity index (χ0v) is 13.4. The summed E-state index contributed by atoms with van der Waals surface area (Å²) < 4.78 is 0. The van der Waals surface area contributed by atoms with Gasteiger partial charge in [0.2, 0.25) is 0 Å². The van der Waals surface area contributed by atoms with Crippen LogP contribution in [0.15, 0.2) is 42.6 Å². The highest BCUT2D eigenvalue weighted by atomic mass is 16.1. The van der Waals surface area contributed by atoms with Crippen molar-refractivity contribution in [2.24, 2.45) is 0 Å². The van der Waals surface area contributed by atoms with Gasteiger partial charge >= 0.3 is 0 Å². The van der Waals surface area contributed by atoms with Gasteiger partial charge in [-0.3, -0.25) is 9.69 Å². The zero-order chi connectivity index (χ0) is 16.1. The summed E-state index contributed by atoms with van der Waals surface area (Å²) in [7, 11) is 0. The number of nitrogens with zero attached hydrogens (tertiary/aromatic N) is 2. The molecule has 1 aromatic carbocycles. The first-order valence-corrected chi connectivity index (χ1v) is 7.97. The third-order valence-corrected chi connectivity index (χ3v) is 3.98. The van der Waals surface area contributed by atoms with E-state index in [1.165, 1.54) is 5.56 Å². The van der Waals surface area contributed by atoms with Gasteiger partial charge in [0.1, 0.15) is 5.82 Å². The Morgan fingerprint density at radius 2 is 1.91 bits per heavy atom. The van der Waals surface area contributed by atoms with Crippen LogP contribution in [0.25, 0.3) is 0 Å². The van der Waals surface area contributed by atoms with Crippen LogP contribution in [-0.4, -0.2) is 42.0 Å². The number of carbonyl (C=O) groups is 1. The molecule has 0 spiro atoms. The van der Waals surface area contributed by atoms with Crippen LogP contribution < -0.4 is 10.6 Å². The summed E-state index contributed by atoms with van der Waals surface area (Å²) in [5.74, 6) is 0.445. The summed E-state index contributed by atoms with van der Waals surface area (Å²) in [4.78, 5) is 18.8. The molecule has 2 heterocycles. The van der Waals surface area contributed by atoms with Crippen LogP contribution in [0.1, 0.15) is 21.5 Å². The molecule has 0 unspecified atom stereocenters. The molecule has 5 heteroatoms. The number of anilines is 1. The number of aromatic nitrogens is 1. The summed E-state index contributed by atoms with van der Waals surface area (Å²) in [6.07, 6.45) is 1.74. The molecule has 0 atom stereocenters. The first kappa shape index (κ1) is 15.6. The smallest absolute Gasteiger partial charge is 0.256 e. The minimum Gasteiger partial charge on any atom is -0.314 e. The minimum atomic E-state index is -0.130. The van der Waals surface area contributed by atoms with Crippen molar-refractivity contribution < 1.29 is 4.79 Å². The monoisotopic (exact) mass is 310 g/mol. The summed E-state index contributed by atoms with van der Waals surface area (Å²) in [6.45, 7) is 7.13. The Hall–Kier alpha value is -2.24. The Balaban J connectivity index is 1.59. The van der Waals surface area contributed by atoms with Gasteiger partial charge in [-0.1, -0.05) is 18.2 Å². The number of piperazine rings is 1. The van der Waals surface area contributed by atoms with Gasteiger partial charge in [-0.05, 0) is 36.2 Å². The molecule has 1 aliphatic heterocycles. The van der Waals surface area contributed by atoms with Crippen LogP contribution >= 0.6 is 0 Å². The van der Waals surface area contributed by atoms with Crippen molar-refractivity contribution >= 4 is 11.7 Å². The second-order valence-corrected chi connectivity index (χ2v) is 5.90. The van der Waals surface area contributed by atoms with Gasteiger partial charge < -0.3 is 10.6 Å². The fraction of sp³-hybridized carbons (Fsp3) is 0.333.